The second-order valence-corrected chi connectivity index (χ2v) is 16.4. The first-order chi connectivity index (χ1) is 21.8. The molecule has 1 atom stereocenters. The van der Waals surface area contributed by atoms with Crippen LogP contribution in [0.15, 0.2) is 47.4 Å². The summed E-state index contributed by atoms with van der Waals surface area (Å²) in [5, 5.41) is 23.7. The van der Waals surface area contributed by atoms with E-state index >= 15 is 0 Å². The quantitative estimate of drug-likeness (QED) is 0.166. The van der Waals surface area contributed by atoms with E-state index in [4.69, 9.17) is 4.74 Å². The van der Waals surface area contributed by atoms with Crippen molar-refractivity contribution in [3.63, 3.8) is 0 Å². The molecule has 0 amide bonds. The zero-order valence-corrected chi connectivity index (χ0v) is 29.7. The van der Waals surface area contributed by atoms with Crippen LogP contribution in [0.5, 0.6) is 5.88 Å². The fourth-order valence-corrected chi connectivity index (χ4v) is 7.46. The van der Waals surface area contributed by atoms with Gasteiger partial charge in [0, 0.05) is 23.2 Å². The maximum atomic E-state index is 13.4. The molecule has 0 spiro atoms. The SMILES string of the molecule is Cc1cccc(C)c1-c1nc(NS(=O)(=O)c2cccc(C(=O)O)c2)nc(OC[C@@H](CC(C)(C)C)NC2CCC(C(C)(C)O)CC2)c1C. The van der Waals surface area contributed by atoms with Gasteiger partial charge in [0.1, 0.15) is 6.61 Å². The van der Waals surface area contributed by atoms with Crippen molar-refractivity contribution in [1.29, 1.82) is 0 Å². The van der Waals surface area contributed by atoms with Gasteiger partial charge in [0.05, 0.1) is 21.8 Å². The third-order valence-electron chi connectivity index (χ3n) is 8.91. The summed E-state index contributed by atoms with van der Waals surface area (Å²) in [7, 11) is -4.23. The molecule has 1 aliphatic rings. The molecule has 4 N–H and O–H groups in total. The van der Waals surface area contributed by atoms with Gasteiger partial charge in [-0.2, -0.15) is 4.98 Å². The lowest BCUT2D eigenvalue weighted by molar-refractivity contribution is -0.00398. The van der Waals surface area contributed by atoms with Gasteiger partial charge in [-0.05, 0) is 107 Å². The van der Waals surface area contributed by atoms with Crippen LogP contribution in [0, 0.1) is 32.1 Å². The minimum Gasteiger partial charge on any atom is -0.478 e. The Labute approximate surface area is 279 Å². The van der Waals surface area contributed by atoms with Gasteiger partial charge in [0.15, 0.2) is 0 Å². The van der Waals surface area contributed by atoms with Gasteiger partial charge in [0.25, 0.3) is 10.0 Å². The smallest absolute Gasteiger partial charge is 0.335 e. The van der Waals surface area contributed by atoms with E-state index in [1.165, 1.54) is 18.2 Å². The summed E-state index contributed by atoms with van der Waals surface area (Å²) < 4.78 is 35.8. The Morgan fingerprint density at radius 2 is 1.60 bits per heavy atom. The monoisotopic (exact) mass is 666 g/mol. The number of nitrogens with zero attached hydrogens (tertiary/aromatic N) is 2. The number of aryl methyl sites for hydroxylation is 2. The first-order valence-electron chi connectivity index (χ1n) is 16.3. The van der Waals surface area contributed by atoms with Gasteiger partial charge >= 0.3 is 5.97 Å². The minimum atomic E-state index is -4.23. The number of nitrogens with one attached hydrogen (secondary N) is 2. The third-order valence-corrected chi connectivity index (χ3v) is 10.2. The van der Waals surface area contributed by atoms with Crippen LogP contribution in [0.1, 0.15) is 93.8 Å². The van der Waals surface area contributed by atoms with Crippen molar-refractivity contribution in [3.8, 4) is 17.1 Å². The van der Waals surface area contributed by atoms with Gasteiger partial charge < -0.3 is 20.3 Å². The molecule has 0 bridgehead atoms. The van der Waals surface area contributed by atoms with Crippen LogP contribution in [0.25, 0.3) is 11.3 Å². The predicted molar refractivity (Wildman–Crippen MR) is 184 cm³/mol. The van der Waals surface area contributed by atoms with Gasteiger partial charge in [-0.25, -0.2) is 22.9 Å². The van der Waals surface area contributed by atoms with Gasteiger partial charge in [-0.15, -0.1) is 0 Å². The number of rotatable bonds is 12. The average Bonchev–Trinajstić information content (AvgIpc) is 2.96. The van der Waals surface area contributed by atoms with E-state index in [9.17, 15) is 23.4 Å². The Morgan fingerprint density at radius 1 is 0.979 bits per heavy atom. The molecule has 4 rings (SSSR count). The average molecular weight is 667 g/mol. The van der Waals surface area contributed by atoms with Crippen molar-refractivity contribution in [2.24, 2.45) is 11.3 Å². The molecule has 0 saturated heterocycles. The number of carboxylic acid groups (broad SMARTS) is 1. The second kappa shape index (κ2) is 14.3. The minimum absolute atomic E-state index is 0.00407. The topological polar surface area (TPSA) is 151 Å². The lowest BCUT2D eigenvalue weighted by Crippen LogP contribution is -2.47. The van der Waals surface area contributed by atoms with E-state index in [-0.39, 0.29) is 39.7 Å². The molecule has 1 aromatic heterocycles. The summed E-state index contributed by atoms with van der Waals surface area (Å²) in [6, 6.07) is 11.3. The Morgan fingerprint density at radius 3 is 2.17 bits per heavy atom. The van der Waals surface area contributed by atoms with E-state index in [2.05, 4.69) is 40.8 Å². The number of aromatic carboxylic acids is 1. The van der Waals surface area contributed by atoms with Crippen LogP contribution in [0.3, 0.4) is 0 Å². The number of carboxylic acids is 1. The molecule has 1 heterocycles. The molecular formula is C36H50N4O6S. The molecule has 2 aromatic carbocycles. The summed E-state index contributed by atoms with van der Waals surface area (Å²) in [6.07, 6.45) is 4.67. The van der Waals surface area contributed by atoms with Crippen molar-refractivity contribution >= 4 is 21.9 Å². The Bertz CT molecular complexity index is 1670. The highest BCUT2D eigenvalue weighted by molar-refractivity contribution is 7.92. The highest BCUT2D eigenvalue weighted by Gasteiger charge is 2.33. The summed E-state index contributed by atoms with van der Waals surface area (Å²) in [5.41, 5.74) is 3.20. The molecule has 1 aliphatic carbocycles. The van der Waals surface area contributed by atoms with Crippen LogP contribution in [-0.2, 0) is 10.0 Å². The molecule has 1 fully saturated rings. The molecule has 0 aliphatic heterocycles. The molecule has 11 heteroatoms. The van der Waals surface area contributed by atoms with Crippen molar-refractivity contribution in [2.45, 2.75) is 110 Å². The van der Waals surface area contributed by atoms with Crippen LogP contribution in [0.2, 0.25) is 0 Å². The number of sulfonamides is 1. The zero-order valence-electron chi connectivity index (χ0n) is 28.8. The van der Waals surface area contributed by atoms with Crippen LogP contribution < -0.4 is 14.8 Å². The number of aromatic nitrogens is 2. The number of aliphatic hydroxyl groups is 1. The van der Waals surface area contributed by atoms with E-state index in [0.717, 1.165) is 54.9 Å². The first kappa shape index (κ1) is 36.3. The number of hydrogen-bond donors (Lipinski definition) is 4. The Hall–Kier alpha value is -3.54. The standard InChI is InChI=1S/C36H50N4O6S/c1-22-11-9-12-23(2)30(22)31-24(3)32(39-34(38-31)40-47(44,45)29-14-10-13-25(19-29)33(41)42)46-21-28(20-35(4,5)6)37-27-17-15-26(16-18-27)36(7,8)43/h9-14,19,26-28,37,43H,15-18,20-21H2,1-8H3,(H,41,42)(H,38,39,40)/t26?,27?,28-/m1/s1. The summed E-state index contributed by atoms with van der Waals surface area (Å²) in [6.45, 7) is 16.5. The lowest BCUT2D eigenvalue weighted by Gasteiger charge is -2.38. The number of benzene rings is 2. The summed E-state index contributed by atoms with van der Waals surface area (Å²) >= 11 is 0. The van der Waals surface area contributed by atoms with Gasteiger partial charge in [-0.3, -0.25) is 0 Å². The van der Waals surface area contributed by atoms with E-state index in [1.807, 2.05) is 52.8 Å². The fraction of sp³-hybridized carbons (Fsp3) is 0.528. The van der Waals surface area contributed by atoms with Crippen LogP contribution in [-0.4, -0.2) is 58.9 Å². The number of hydrogen-bond acceptors (Lipinski definition) is 8. The molecule has 1 saturated carbocycles. The molecular weight excluding hydrogens is 616 g/mol. The van der Waals surface area contributed by atoms with Gasteiger partial charge in [0.2, 0.25) is 11.8 Å². The van der Waals surface area contributed by atoms with E-state index < -0.39 is 21.6 Å². The van der Waals surface area contributed by atoms with Crippen molar-refractivity contribution in [1.82, 2.24) is 15.3 Å². The lowest BCUT2D eigenvalue weighted by atomic mass is 9.77. The van der Waals surface area contributed by atoms with E-state index in [1.54, 1.807) is 0 Å². The Balaban J connectivity index is 1.67. The fourth-order valence-electron chi connectivity index (χ4n) is 6.47. The maximum absolute atomic E-state index is 13.4. The molecule has 3 aromatic rings. The van der Waals surface area contributed by atoms with Gasteiger partial charge in [-0.1, -0.05) is 45.0 Å². The Kier molecular flexibility index (Phi) is 11.0. The largest absolute Gasteiger partial charge is 0.478 e. The highest BCUT2D eigenvalue weighted by Crippen LogP contribution is 2.35. The molecule has 47 heavy (non-hydrogen) atoms. The van der Waals surface area contributed by atoms with Crippen molar-refractivity contribution in [2.75, 3.05) is 11.3 Å². The van der Waals surface area contributed by atoms with Crippen LogP contribution >= 0.6 is 0 Å². The number of ether oxygens (including phenoxy) is 1. The zero-order chi connectivity index (χ0) is 34.7. The van der Waals surface area contributed by atoms with Crippen molar-refractivity contribution < 1.29 is 28.2 Å². The molecule has 10 nitrogen and oxygen atoms in total. The summed E-state index contributed by atoms with van der Waals surface area (Å²) in [4.78, 5) is 20.5. The number of carbonyl (C=O) groups is 1. The third kappa shape index (κ3) is 9.52. The van der Waals surface area contributed by atoms with Crippen molar-refractivity contribution in [3.05, 3.63) is 64.7 Å². The highest BCUT2D eigenvalue weighted by atomic mass is 32.2. The maximum Gasteiger partial charge on any atom is 0.335 e. The van der Waals surface area contributed by atoms with E-state index in [0.29, 0.717) is 23.9 Å². The predicted octanol–water partition coefficient (Wildman–Crippen LogP) is 6.67. The first-order valence-corrected chi connectivity index (χ1v) is 17.7. The molecule has 256 valence electrons. The summed E-state index contributed by atoms with van der Waals surface area (Å²) in [5.74, 6) is -0.862. The molecule has 0 radical (unpaired) electrons. The number of anilines is 1. The molecule has 0 unspecified atom stereocenters. The normalized spacial score (nSPS) is 18.1. The van der Waals surface area contributed by atoms with Crippen LogP contribution in [0.4, 0.5) is 5.95 Å². The second-order valence-electron chi connectivity index (χ2n) is 14.7.